The Kier molecular flexibility index (Phi) is 4.90. The van der Waals surface area contributed by atoms with Crippen molar-refractivity contribution in [3.63, 3.8) is 0 Å². The number of hydrogen-bond donors (Lipinski definition) is 2. The minimum atomic E-state index is -0.713. The highest BCUT2D eigenvalue weighted by Crippen LogP contribution is 2.28. The largest absolute Gasteiger partial charge is 0.393 e. The van der Waals surface area contributed by atoms with Gasteiger partial charge in [0.2, 0.25) is 0 Å². The lowest BCUT2D eigenvalue weighted by molar-refractivity contribution is 0.186. The molecule has 0 aliphatic carbocycles. The lowest BCUT2D eigenvalue weighted by Crippen LogP contribution is -2.24. The molecule has 0 aliphatic rings. The predicted octanol–water partition coefficient (Wildman–Crippen LogP) is 2.09. The van der Waals surface area contributed by atoms with E-state index in [4.69, 9.17) is 0 Å². The zero-order chi connectivity index (χ0) is 13.0. The monoisotopic (exact) mass is 241 g/mol. The van der Waals surface area contributed by atoms with E-state index >= 15 is 0 Å². The minimum Gasteiger partial charge on any atom is -0.393 e. The lowest BCUT2D eigenvalue weighted by atomic mass is 10.1. The minimum absolute atomic E-state index is 0.350. The van der Waals surface area contributed by atoms with Gasteiger partial charge in [-0.3, -0.25) is 0 Å². The molecule has 0 heterocycles. The quantitative estimate of drug-likeness (QED) is 0.829. The molecule has 96 valence electrons. The molecule has 0 fully saturated rings. The standard InChI is InChI=1S/C13H20FNO2/c1-9(16)7-8-15(3)13-11(10(2)17)5-4-6-12(13)14/h4-6,9-10,16-17H,7-8H2,1-3H3/t9?,10-/m0/s1. The third-order valence-electron chi connectivity index (χ3n) is 2.73. The van der Waals surface area contributed by atoms with Gasteiger partial charge >= 0.3 is 0 Å². The van der Waals surface area contributed by atoms with Crippen LogP contribution in [-0.4, -0.2) is 29.9 Å². The molecular weight excluding hydrogens is 221 g/mol. The van der Waals surface area contributed by atoms with E-state index in [9.17, 15) is 14.6 Å². The lowest BCUT2D eigenvalue weighted by Gasteiger charge is -2.24. The highest BCUT2D eigenvalue weighted by atomic mass is 19.1. The van der Waals surface area contributed by atoms with Crippen LogP contribution in [0.1, 0.15) is 31.9 Å². The molecule has 1 aromatic carbocycles. The van der Waals surface area contributed by atoms with Gasteiger partial charge < -0.3 is 15.1 Å². The Labute approximate surface area is 101 Å². The highest BCUT2D eigenvalue weighted by Gasteiger charge is 2.16. The SMILES string of the molecule is CC(O)CCN(C)c1c(F)cccc1[C@H](C)O. The molecule has 0 saturated heterocycles. The normalized spacial score (nSPS) is 14.5. The maximum absolute atomic E-state index is 13.8. The number of para-hydroxylation sites is 1. The Hall–Kier alpha value is -1.13. The summed E-state index contributed by atoms with van der Waals surface area (Å²) < 4.78 is 13.8. The van der Waals surface area contributed by atoms with Crippen LogP contribution in [0.4, 0.5) is 10.1 Å². The maximum atomic E-state index is 13.8. The number of aliphatic hydroxyl groups excluding tert-OH is 2. The second-order valence-corrected chi connectivity index (χ2v) is 4.41. The molecule has 0 saturated carbocycles. The number of hydrogen-bond acceptors (Lipinski definition) is 3. The fourth-order valence-corrected chi connectivity index (χ4v) is 1.76. The molecule has 4 heteroatoms. The van der Waals surface area contributed by atoms with Crippen LogP contribution in [0.25, 0.3) is 0 Å². The van der Waals surface area contributed by atoms with Crippen molar-refractivity contribution in [2.45, 2.75) is 32.5 Å². The van der Waals surface area contributed by atoms with Gasteiger partial charge in [0.05, 0.1) is 17.9 Å². The molecule has 17 heavy (non-hydrogen) atoms. The van der Waals surface area contributed by atoms with E-state index < -0.39 is 12.2 Å². The average Bonchev–Trinajstić information content (AvgIpc) is 2.25. The first-order chi connectivity index (χ1) is 7.93. The van der Waals surface area contributed by atoms with Crippen LogP contribution in [0.3, 0.4) is 0 Å². The molecule has 3 nitrogen and oxygen atoms in total. The van der Waals surface area contributed by atoms with Crippen molar-refractivity contribution in [1.29, 1.82) is 0 Å². The van der Waals surface area contributed by atoms with Crippen LogP contribution in [0.2, 0.25) is 0 Å². The van der Waals surface area contributed by atoms with Crippen LogP contribution in [0, 0.1) is 5.82 Å². The summed E-state index contributed by atoms with van der Waals surface area (Å²) in [7, 11) is 1.76. The van der Waals surface area contributed by atoms with Gasteiger partial charge in [0.1, 0.15) is 5.82 Å². The molecule has 0 bridgehead atoms. The Bertz CT molecular complexity index is 366. The van der Waals surface area contributed by atoms with Gasteiger partial charge in [-0.2, -0.15) is 0 Å². The molecule has 1 unspecified atom stereocenters. The summed E-state index contributed by atoms with van der Waals surface area (Å²) in [6, 6.07) is 4.67. The van der Waals surface area contributed by atoms with Crippen molar-refractivity contribution in [2.75, 3.05) is 18.5 Å². The smallest absolute Gasteiger partial charge is 0.146 e. The fraction of sp³-hybridized carbons (Fsp3) is 0.538. The van der Waals surface area contributed by atoms with Crippen molar-refractivity contribution >= 4 is 5.69 Å². The van der Waals surface area contributed by atoms with Crippen LogP contribution >= 0.6 is 0 Å². The van der Waals surface area contributed by atoms with E-state index in [-0.39, 0.29) is 5.82 Å². The maximum Gasteiger partial charge on any atom is 0.146 e. The zero-order valence-electron chi connectivity index (χ0n) is 10.5. The summed E-state index contributed by atoms with van der Waals surface area (Å²) in [5, 5.41) is 18.8. The van der Waals surface area contributed by atoms with Crippen LogP contribution in [-0.2, 0) is 0 Å². The van der Waals surface area contributed by atoms with Gasteiger partial charge in [-0.05, 0) is 26.3 Å². The molecule has 0 aliphatic heterocycles. The molecule has 2 N–H and O–H groups in total. The molecule has 0 spiro atoms. The molecule has 0 aromatic heterocycles. The summed E-state index contributed by atoms with van der Waals surface area (Å²) in [6.07, 6.45) is -0.571. The molecular formula is C13H20FNO2. The second-order valence-electron chi connectivity index (χ2n) is 4.41. The van der Waals surface area contributed by atoms with E-state index in [1.54, 1.807) is 37.9 Å². The average molecular weight is 241 g/mol. The Morgan fingerprint density at radius 2 is 1.94 bits per heavy atom. The number of rotatable bonds is 5. The topological polar surface area (TPSA) is 43.7 Å². The number of benzene rings is 1. The van der Waals surface area contributed by atoms with Gasteiger partial charge in [-0.1, -0.05) is 12.1 Å². The van der Waals surface area contributed by atoms with Gasteiger partial charge in [-0.15, -0.1) is 0 Å². The molecule has 2 atom stereocenters. The summed E-state index contributed by atoms with van der Waals surface area (Å²) in [4.78, 5) is 1.73. The zero-order valence-corrected chi connectivity index (χ0v) is 10.5. The van der Waals surface area contributed by atoms with Crippen molar-refractivity contribution in [1.82, 2.24) is 0 Å². The van der Waals surface area contributed by atoms with Crippen molar-refractivity contribution in [3.05, 3.63) is 29.6 Å². The van der Waals surface area contributed by atoms with Crippen molar-refractivity contribution in [2.24, 2.45) is 0 Å². The summed E-state index contributed by atoms with van der Waals surface area (Å²) in [5.74, 6) is -0.350. The molecule has 1 rings (SSSR count). The number of halogens is 1. The summed E-state index contributed by atoms with van der Waals surface area (Å²) >= 11 is 0. The Morgan fingerprint density at radius 1 is 1.29 bits per heavy atom. The number of anilines is 1. The first kappa shape index (κ1) is 13.9. The van der Waals surface area contributed by atoms with Gasteiger partial charge in [0.25, 0.3) is 0 Å². The van der Waals surface area contributed by atoms with E-state index in [2.05, 4.69) is 0 Å². The summed E-state index contributed by atoms with van der Waals surface area (Å²) in [5.41, 5.74) is 0.973. The number of aliphatic hydroxyl groups is 2. The van der Waals surface area contributed by atoms with Gasteiger partial charge in [0, 0.05) is 19.2 Å². The fourth-order valence-electron chi connectivity index (χ4n) is 1.76. The Morgan fingerprint density at radius 3 is 2.47 bits per heavy atom. The molecule has 0 radical (unpaired) electrons. The van der Waals surface area contributed by atoms with E-state index in [1.807, 2.05) is 0 Å². The second kappa shape index (κ2) is 5.98. The van der Waals surface area contributed by atoms with E-state index in [1.165, 1.54) is 6.07 Å². The molecule has 0 amide bonds. The van der Waals surface area contributed by atoms with E-state index in [0.717, 1.165) is 0 Å². The van der Waals surface area contributed by atoms with Crippen LogP contribution < -0.4 is 4.90 Å². The number of nitrogens with zero attached hydrogens (tertiary/aromatic N) is 1. The Balaban J connectivity index is 2.94. The summed E-state index contributed by atoms with van der Waals surface area (Å²) in [6.45, 7) is 3.85. The van der Waals surface area contributed by atoms with Crippen molar-refractivity contribution < 1.29 is 14.6 Å². The first-order valence-electron chi connectivity index (χ1n) is 5.79. The van der Waals surface area contributed by atoms with Crippen LogP contribution in [0.5, 0.6) is 0 Å². The molecule has 1 aromatic rings. The van der Waals surface area contributed by atoms with Gasteiger partial charge in [0.15, 0.2) is 0 Å². The van der Waals surface area contributed by atoms with E-state index in [0.29, 0.717) is 24.2 Å². The van der Waals surface area contributed by atoms with Crippen molar-refractivity contribution in [3.8, 4) is 0 Å². The third kappa shape index (κ3) is 3.68. The highest BCUT2D eigenvalue weighted by molar-refractivity contribution is 5.55. The first-order valence-corrected chi connectivity index (χ1v) is 5.79. The third-order valence-corrected chi connectivity index (χ3v) is 2.73. The van der Waals surface area contributed by atoms with Gasteiger partial charge in [-0.25, -0.2) is 4.39 Å². The predicted molar refractivity (Wildman–Crippen MR) is 66.6 cm³/mol. The van der Waals surface area contributed by atoms with Crippen LogP contribution in [0.15, 0.2) is 18.2 Å².